The lowest BCUT2D eigenvalue weighted by Gasteiger charge is -1.95. The summed E-state index contributed by atoms with van der Waals surface area (Å²) in [7, 11) is 0. The number of halogens is 1. The topological polar surface area (TPSA) is 30.0 Å². The fraction of sp³-hybridized carbons (Fsp3) is 0. The van der Waals surface area contributed by atoms with E-state index >= 15 is 0 Å². The summed E-state index contributed by atoms with van der Waals surface area (Å²) < 4.78 is 0.994. The number of rotatable bonds is 3. The van der Waals surface area contributed by atoms with Crippen molar-refractivity contribution in [3.05, 3.63) is 70.5 Å². The van der Waals surface area contributed by atoms with Gasteiger partial charge in [0.1, 0.15) is 0 Å². The van der Waals surface area contributed by atoms with Crippen LogP contribution in [0.1, 0.15) is 15.9 Å². The lowest BCUT2D eigenvalue weighted by Crippen LogP contribution is -1.93. The molecule has 0 aliphatic heterocycles. The molecule has 0 saturated heterocycles. The second kappa shape index (κ2) is 5.55. The first kappa shape index (κ1) is 11.7. The van der Waals surface area contributed by atoms with Gasteiger partial charge in [-0.2, -0.15) is 0 Å². The molecule has 0 saturated carbocycles. The predicted molar refractivity (Wildman–Crippen MR) is 71.7 cm³/mol. The molecule has 17 heavy (non-hydrogen) atoms. The van der Waals surface area contributed by atoms with Gasteiger partial charge in [0.15, 0.2) is 5.78 Å². The lowest BCUT2D eigenvalue weighted by atomic mass is 10.1. The number of hydrogen-bond donors (Lipinski definition) is 0. The number of nitrogens with zero attached hydrogens (tertiary/aromatic N) is 1. The van der Waals surface area contributed by atoms with E-state index in [9.17, 15) is 4.79 Å². The van der Waals surface area contributed by atoms with Crippen molar-refractivity contribution in [2.24, 2.45) is 0 Å². The van der Waals surface area contributed by atoms with Crippen molar-refractivity contribution in [3.8, 4) is 0 Å². The zero-order valence-corrected chi connectivity index (χ0v) is 10.6. The molecule has 0 atom stereocenters. The number of carbonyl (C=O) groups is 1. The summed E-state index contributed by atoms with van der Waals surface area (Å²) in [5.74, 6) is -0.0434. The predicted octanol–water partition coefficient (Wildman–Crippen LogP) is 3.74. The molecule has 0 N–H and O–H groups in total. The first-order chi connectivity index (χ1) is 8.25. The van der Waals surface area contributed by atoms with Crippen LogP contribution in [0.4, 0.5) is 0 Å². The summed E-state index contributed by atoms with van der Waals surface area (Å²) in [6, 6.07) is 11.3. The fourth-order valence-electron chi connectivity index (χ4n) is 1.39. The van der Waals surface area contributed by atoms with E-state index in [1.165, 1.54) is 0 Å². The Balaban J connectivity index is 2.14. The molecular weight excluding hydrogens is 278 g/mol. The van der Waals surface area contributed by atoms with Gasteiger partial charge in [0, 0.05) is 22.4 Å². The Morgan fingerprint density at radius 2 is 2.12 bits per heavy atom. The average molecular weight is 288 g/mol. The number of aromatic nitrogens is 1. The van der Waals surface area contributed by atoms with E-state index in [1.807, 2.05) is 24.3 Å². The molecule has 0 spiro atoms. The van der Waals surface area contributed by atoms with Crippen LogP contribution in [0.25, 0.3) is 6.08 Å². The molecule has 2 nitrogen and oxygen atoms in total. The van der Waals surface area contributed by atoms with Crippen LogP contribution in [-0.2, 0) is 0 Å². The minimum atomic E-state index is -0.0434. The van der Waals surface area contributed by atoms with Gasteiger partial charge < -0.3 is 0 Å². The van der Waals surface area contributed by atoms with E-state index < -0.39 is 0 Å². The van der Waals surface area contributed by atoms with Crippen molar-refractivity contribution >= 4 is 27.8 Å². The van der Waals surface area contributed by atoms with Crippen molar-refractivity contribution in [2.45, 2.75) is 0 Å². The molecular formula is C14H10BrNO. The van der Waals surface area contributed by atoms with E-state index in [1.54, 1.807) is 36.7 Å². The molecule has 1 aromatic heterocycles. The van der Waals surface area contributed by atoms with Crippen LogP contribution < -0.4 is 0 Å². The standard InChI is InChI=1S/C14H10BrNO/c15-13-5-1-3-11(9-13)6-7-14(17)12-4-2-8-16-10-12/h1-10H. The van der Waals surface area contributed by atoms with Gasteiger partial charge in [-0.1, -0.05) is 34.1 Å². The van der Waals surface area contributed by atoms with Crippen LogP contribution in [0, 0.1) is 0 Å². The van der Waals surface area contributed by atoms with Gasteiger partial charge in [-0.05, 0) is 35.9 Å². The molecule has 0 aliphatic carbocycles. The van der Waals surface area contributed by atoms with E-state index in [2.05, 4.69) is 20.9 Å². The van der Waals surface area contributed by atoms with E-state index in [-0.39, 0.29) is 5.78 Å². The normalized spacial score (nSPS) is 10.6. The maximum absolute atomic E-state index is 11.8. The number of carbonyl (C=O) groups excluding carboxylic acids is 1. The summed E-state index contributed by atoms with van der Waals surface area (Å²) in [6.45, 7) is 0. The van der Waals surface area contributed by atoms with Crippen LogP contribution in [0.5, 0.6) is 0 Å². The van der Waals surface area contributed by atoms with Gasteiger partial charge in [-0.25, -0.2) is 0 Å². The Bertz CT molecular complexity index is 549. The van der Waals surface area contributed by atoms with E-state index in [0.29, 0.717) is 5.56 Å². The zero-order valence-electron chi connectivity index (χ0n) is 9.01. The zero-order chi connectivity index (χ0) is 12.1. The summed E-state index contributed by atoms with van der Waals surface area (Å²) >= 11 is 3.39. The molecule has 0 bridgehead atoms. The van der Waals surface area contributed by atoms with Crippen molar-refractivity contribution in [1.29, 1.82) is 0 Å². The molecule has 1 heterocycles. The summed E-state index contributed by atoms with van der Waals surface area (Å²) in [5, 5.41) is 0. The molecule has 1 aromatic carbocycles. The maximum Gasteiger partial charge on any atom is 0.187 e. The van der Waals surface area contributed by atoms with Crippen molar-refractivity contribution < 1.29 is 4.79 Å². The van der Waals surface area contributed by atoms with Crippen LogP contribution in [0.3, 0.4) is 0 Å². The number of benzene rings is 1. The molecule has 0 unspecified atom stereocenters. The first-order valence-electron chi connectivity index (χ1n) is 5.14. The molecule has 0 radical (unpaired) electrons. The number of allylic oxidation sites excluding steroid dienone is 1. The van der Waals surface area contributed by atoms with Crippen LogP contribution in [-0.4, -0.2) is 10.8 Å². The van der Waals surface area contributed by atoms with Crippen molar-refractivity contribution in [3.63, 3.8) is 0 Å². The first-order valence-corrected chi connectivity index (χ1v) is 5.93. The number of hydrogen-bond acceptors (Lipinski definition) is 2. The molecule has 84 valence electrons. The molecule has 2 rings (SSSR count). The molecule has 0 fully saturated rings. The Morgan fingerprint density at radius 1 is 1.24 bits per heavy atom. The summed E-state index contributed by atoms with van der Waals surface area (Å²) in [4.78, 5) is 15.7. The highest BCUT2D eigenvalue weighted by atomic mass is 79.9. The third-order valence-corrected chi connectivity index (χ3v) is 2.72. The average Bonchev–Trinajstić information content (AvgIpc) is 2.37. The highest BCUT2D eigenvalue weighted by Gasteiger charge is 1.99. The highest BCUT2D eigenvalue weighted by molar-refractivity contribution is 9.10. The van der Waals surface area contributed by atoms with Gasteiger partial charge in [-0.15, -0.1) is 0 Å². The molecule has 2 aromatic rings. The second-order valence-electron chi connectivity index (χ2n) is 3.49. The second-order valence-corrected chi connectivity index (χ2v) is 4.41. The Kier molecular flexibility index (Phi) is 3.83. The van der Waals surface area contributed by atoms with Gasteiger partial charge in [0.2, 0.25) is 0 Å². The monoisotopic (exact) mass is 287 g/mol. The van der Waals surface area contributed by atoms with Crippen LogP contribution in [0.2, 0.25) is 0 Å². The lowest BCUT2D eigenvalue weighted by molar-refractivity contribution is 0.104. The van der Waals surface area contributed by atoms with Gasteiger partial charge in [0.05, 0.1) is 0 Å². The number of ketones is 1. The molecule has 0 aliphatic rings. The van der Waals surface area contributed by atoms with Crippen molar-refractivity contribution in [1.82, 2.24) is 4.98 Å². The molecule has 3 heteroatoms. The van der Waals surface area contributed by atoms with Gasteiger partial charge in [0.25, 0.3) is 0 Å². The van der Waals surface area contributed by atoms with Gasteiger partial charge >= 0.3 is 0 Å². The third-order valence-electron chi connectivity index (χ3n) is 2.22. The molecule has 0 amide bonds. The quantitative estimate of drug-likeness (QED) is 0.636. The fourth-order valence-corrected chi connectivity index (χ4v) is 1.80. The van der Waals surface area contributed by atoms with E-state index in [4.69, 9.17) is 0 Å². The van der Waals surface area contributed by atoms with Crippen LogP contribution in [0.15, 0.2) is 59.3 Å². The van der Waals surface area contributed by atoms with Crippen molar-refractivity contribution in [2.75, 3.05) is 0 Å². The Hall–Kier alpha value is -1.74. The van der Waals surface area contributed by atoms with Crippen LogP contribution >= 0.6 is 15.9 Å². The number of pyridine rings is 1. The van der Waals surface area contributed by atoms with Gasteiger partial charge in [-0.3, -0.25) is 9.78 Å². The van der Waals surface area contributed by atoms with E-state index in [0.717, 1.165) is 10.0 Å². The minimum absolute atomic E-state index is 0.0434. The smallest absolute Gasteiger partial charge is 0.187 e. The Labute approximate surface area is 108 Å². The third kappa shape index (κ3) is 3.36. The SMILES string of the molecule is O=C(C=Cc1cccc(Br)c1)c1cccnc1. The largest absolute Gasteiger partial charge is 0.289 e. The summed E-state index contributed by atoms with van der Waals surface area (Å²) in [5.41, 5.74) is 1.58. The Morgan fingerprint density at radius 3 is 2.82 bits per heavy atom. The highest BCUT2D eigenvalue weighted by Crippen LogP contribution is 2.13. The summed E-state index contributed by atoms with van der Waals surface area (Å²) in [6.07, 6.45) is 6.56. The minimum Gasteiger partial charge on any atom is -0.289 e. The maximum atomic E-state index is 11.8.